The third kappa shape index (κ3) is 5.68. The molecule has 1 heterocycles. The van der Waals surface area contributed by atoms with Gasteiger partial charge in [-0.2, -0.15) is 5.10 Å². The number of hydrogen-bond donors (Lipinski definition) is 2. The number of nitrogens with zero attached hydrogens (tertiary/aromatic N) is 2. The molecule has 0 bridgehead atoms. The van der Waals surface area contributed by atoms with Gasteiger partial charge in [0.15, 0.2) is 6.61 Å². The van der Waals surface area contributed by atoms with Crippen molar-refractivity contribution in [2.24, 2.45) is 0 Å². The summed E-state index contributed by atoms with van der Waals surface area (Å²) in [4.78, 5) is 24.7. The molecule has 1 aliphatic carbocycles. The van der Waals surface area contributed by atoms with Gasteiger partial charge in [0.25, 0.3) is 11.8 Å². The Balaban J connectivity index is 1.28. The largest absolute Gasteiger partial charge is 0.484 e. The minimum Gasteiger partial charge on any atom is -0.484 e. The topological polar surface area (TPSA) is 85.2 Å². The molecule has 7 nitrogen and oxygen atoms in total. The van der Waals surface area contributed by atoms with E-state index in [0.717, 1.165) is 18.4 Å². The van der Waals surface area contributed by atoms with E-state index in [0.29, 0.717) is 28.7 Å². The van der Waals surface area contributed by atoms with E-state index in [-0.39, 0.29) is 24.5 Å². The van der Waals surface area contributed by atoms with E-state index in [4.69, 9.17) is 16.3 Å². The molecule has 1 fully saturated rings. The summed E-state index contributed by atoms with van der Waals surface area (Å²) >= 11 is 6.22. The summed E-state index contributed by atoms with van der Waals surface area (Å²) in [5.74, 6) is 0.682. The Labute approximate surface area is 191 Å². The fourth-order valence-electron chi connectivity index (χ4n) is 3.72. The normalized spacial score (nSPS) is 13.7. The number of halogens is 1. The molecule has 3 aromatic rings. The monoisotopic (exact) mass is 452 g/mol. The molecule has 0 atom stereocenters. The molecule has 2 aromatic carbocycles. The van der Waals surface area contributed by atoms with Crippen LogP contribution in [0.15, 0.2) is 60.8 Å². The number of amides is 2. The lowest BCUT2D eigenvalue weighted by atomic mass is 10.1. The highest BCUT2D eigenvalue weighted by molar-refractivity contribution is 6.31. The number of carbonyl (C=O) groups is 2. The van der Waals surface area contributed by atoms with Crippen LogP contribution in [0.4, 0.5) is 5.82 Å². The molecular formula is C24H25ClN4O3. The van der Waals surface area contributed by atoms with Crippen molar-refractivity contribution in [3.05, 3.63) is 76.9 Å². The van der Waals surface area contributed by atoms with Crippen molar-refractivity contribution in [1.29, 1.82) is 0 Å². The second-order valence-electron chi connectivity index (χ2n) is 7.78. The predicted octanol–water partition coefficient (Wildman–Crippen LogP) is 4.27. The third-order valence-electron chi connectivity index (χ3n) is 5.44. The number of anilines is 1. The van der Waals surface area contributed by atoms with Crippen LogP contribution in [-0.2, 0) is 11.3 Å². The molecular weight excluding hydrogens is 428 g/mol. The van der Waals surface area contributed by atoms with Crippen molar-refractivity contribution in [1.82, 2.24) is 15.1 Å². The molecule has 166 valence electrons. The Morgan fingerprint density at radius 1 is 1.06 bits per heavy atom. The zero-order valence-corrected chi connectivity index (χ0v) is 18.3. The Bertz CT molecular complexity index is 1070. The van der Waals surface area contributed by atoms with Gasteiger partial charge in [-0.25, -0.2) is 4.68 Å². The van der Waals surface area contributed by atoms with E-state index in [2.05, 4.69) is 15.7 Å². The van der Waals surface area contributed by atoms with Crippen LogP contribution < -0.4 is 15.4 Å². The Morgan fingerprint density at radius 3 is 2.56 bits per heavy atom. The number of ether oxygens (including phenoxy) is 1. The Kier molecular flexibility index (Phi) is 7.07. The summed E-state index contributed by atoms with van der Waals surface area (Å²) in [6, 6.07) is 16.3. The van der Waals surface area contributed by atoms with E-state index >= 15 is 0 Å². The number of hydrogen-bond acceptors (Lipinski definition) is 4. The van der Waals surface area contributed by atoms with Gasteiger partial charge in [0.1, 0.15) is 11.6 Å². The molecule has 0 radical (unpaired) electrons. The summed E-state index contributed by atoms with van der Waals surface area (Å²) in [6.07, 6.45) is 6.03. The molecule has 0 spiro atoms. The van der Waals surface area contributed by atoms with Gasteiger partial charge in [0.2, 0.25) is 0 Å². The second kappa shape index (κ2) is 10.3. The molecule has 2 amide bonds. The van der Waals surface area contributed by atoms with E-state index in [9.17, 15) is 9.59 Å². The van der Waals surface area contributed by atoms with Gasteiger partial charge in [-0.05, 0) is 48.7 Å². The van der Waals surface area contributed by atoms with Crippen LogP contribution in [0.5, 0.6) is 5.75 Å². The summed E-state index contributed by atoms with van der Waals surface area (Å²) in [6.45, 7) is 0.276. The lowest BCUT2D eigenvalue weighted by Gasteiger charge is -2.12. The molecule has 4 rings (SSSR count). The highest BCUT2D eigenvalue weighted by Gasteiger charge is 2.18. The van der Waals surface area contributed by atoms with Crippen LogP contribution in [0.25, 0.3) is 0 Å². The maximum Gasteiger partial charge on any atom is 0.263 e. The Morgan fingerprint density at radius 2 is 1.81 bits per heavy atom. The second-order valence-corrected chi connectivity index (χ2v) is 8.19. The first-order chi connectivity index (χ1) is 15.6. The maximum absolute atomic E-state index is 12.4. The van der Waals surface area contributed by atoms with Crippen molar-refractivity contribution in [3.8, 4) is 5.75 Å². The standard InChI is InChI=1S/C24H25ClN4O3/c25-21-8-4-1-5-18(21)15-29-22(13-14-26-29)28-23(30)16-32-20-11-9-17(10-12-20)24(31)27-19-6-2-3-7-19/h1,4-5,8-14,19H,2-3,6-7,15-16H2,(H,27,31)(H,28,30). The fourth-order valence-corrected chi connectivity index (χ4v) is 3.92. The summed E-state index contributed by atoms with van der Waals surface area (Å²) < 4.78 is 7.23. The van der Waals surface area contributed by atoms with Gasteiger partial charge in [0.05, 0.1) is 12.7 Å². The molecule has 0 saturated heterocycles. The molecule has 2 N–H and O–H groups in total. The molecule has 1 aliphatic rings. The number of rotatable bonds is 8. The van der Waals surface area contributed by atoms with Crippen molar-refractivity contribution in [2.45, 2.75) is 38.3 Å². The number of carbonyl (C=O) groups excluding carboxylic acids is 2. The van der Waals surface area contributed by atoms with Gasteiger partial charge in [0, 0.05) is 22.7 Å². The number of aromatic nitrogens is 2. The minimum absolute atomic E-state index is 0.0759. The first kappa shape index (κ1) is 21.9. The molecule has 1 saturated carbocycles. The highest BCUT2D eigenvalue weighted by Crippen LogP contribution is 2.20. The van der Waals surface area contributed by atoms with Crippen molar-refractivity contribution < 1.29 is 14.3 Å². The van der Waals surface area contributed by atoms with Gasteiger partial charge in [-0.15, -0.1) is 0 Å². The quantitative estimate of drug-likeness (QED) is 0.534. The summed E-state index contributed by atoms with van der Waals surface area (Å²) in [7, 11) is 0. The number of nitrogens with one attached hydrogen (secondary N) is 2. The average Bonchev–Trinajstić information content (AvgIpc) is 3.46. The molecule has 1 aromatic heterocycles. The van der Waals surface area contributed by atoms with Crippen molar-refractivity contribution in [3.63, 3.8) is 0 Å². The lowest BCUT2D eigenvalue weighted by molar-refractivity contribution is -0.118. The smallest absolute Gasteiger partial charge is 0.263 e. The molecule has 8 heteroatoms. The van der Waals surface area contributed by atoms with E-state index in [1.807, 2.05) is 24.3 Å². The zero-order valence-electron chi connectivity index (χ0n) is 17.6. The third-order valence-corrected chi connectivity index (χ3v) is 5.81. The van der Waals surface area contributed by atoms with Crippen LogP contribution in [0.1, 0.15) is 41.6 Å². The molecule has 32 heavy (non-hydrogen) atoms. The Hall–Kier alpha value is -3.32. The van der Waals surface area contributed by atoms with E-state index < -0.39 is 0 Å². The fraction of sp³-hybridized carbons (Fsp3) is 0.292. The SMILES string of the molecule is O=C(COc1ccc(C(=O)NC2CCCC2)cc1)Nc1ccnn1Cc1ccccc1Cl. The van der Waals surface area contributed by atoms with Crippen molar-refractivity contribution >= 4 is 29.2 Å². The molecule has 0 aliphatic heterocycles. The van der Waals surface area contributed by atoms with E-state index in [1.165, 1.54) is 12.8 Å². The van der Waals surface area contributed by atoms with Crippen LogP contribution in [0, 0.1) is 0 Å². The summed E-state index contributed by atoms with van der Waals surface area (Å²) in [5.41, 5.74) is 1.49. The van der Waals surface area contributed by atoms with Crippen molar-refractivity contribution in [2.75, 3.05) is 11.9 Å². The molecule has 0 unspecified atom stereocenters. The summed E-state index contributed by atoms with van der Waals surface area (Å²) in [5, 5.41) is 10.7. The van der Waals surface area contributed by atoms with Gasteiger partial charge >= 0.3 is 0 Å². The first-order valence-electron chi connectivity index (χ1n) is 10.7. The van der Waals surface area contributed by atoms with Crippen LogP contribution >= 0.6 is 11.6 Å². The van der Waals surface area contributed by atoms with Crippen LogP contribution in [0.3, 0.4) is 0 Å². The average molecular weight is 453 g/mol. The predicted molar refractivity (Wildman–Crippen MR) is 123 cm³/mol. The van der Waals surface area contributed by atoms with E-state index in [1.54, 1.807) is 41.2 Å². The van der Waals surface area contributed by atoms with Crippen LogP contribution in [-0.4, -0.2) is 34.2 Å². The van der Waals surface area contributed by atoms with Gasteiger partial charge < -0.3 is 15.4 Å². The van der Waals surface area contributed by atoms with Gasteiger partial charge in [-0.1, -0.05) is 42.6 Å². The maximum atomic E-state index is 12.4. The zero-order chi connectivity index (χ0) is 22.3. The lowest BCUT2D eigenvalue weighted by Crippen LogP contribution is -2.32. The number of benzene rings is 2. The van der Waals surface area contributed by atoms with Crippen LogP contribution in [0.2, 0.25) is 5.02 Å². The highest BCUT2D eigenvalue weighted by atomic mass is 35.5. The minimum atomic E-state index is -0.311. The first-order valence-corrected chi connectivity index (χ1v) is 11.0. The van der Waals surface area contributed by atoms with Gasteiger partial charge in [-0.3, -0.25) is 9.59 Å².